The minimum Gasteiger partial charge on any atom is -0.454 e. The molecule has 0 radical (unpaired) electrons. The Kier molecular flexibility index (Phi) is 2.87. The Morgan fingerprint density at radius 1 is 1.39 bits per heavy atom. The van der Waals surface area contributed by atoms with Crippen molar-refractivity contribution >= 4 is 11.6 Å². The smallest absolute Gasteiger partial charge is 0.246 e. The van der Waals surface area contributed by atoms with Crippen LogP contribution in [-0.2, 0) is 4.79 Å². The summed E-state index contributed by atoms with van der Waals surface area (Å²) in [5, 5.41) is 8.97. The van der Waals surface area contributed by atoms with Gasteiger partial charge in [0.2, 0.25) is 12.7 Å². The lowest BCUT2D eigenvalue weighted by atomic mass is 9.94. The zero-order valence-electron chi connectivity index (χ0n) is 10.6. The van der Waals surface area contributed by atoms with E-state index in [-0.39, 0.29) is 12.7 Å². The van der Waals surface area contributed by atoms with Crippen LogP contribution in [0.15, 0.2) is 18.2 Å². The molecule has 0 aliphatic carbocycles. The molecule has 2 rings (SSSR count). The molecular formula is C13H14N2O3. The molecule has 0 fully saturated rings. The molecule has 0 saturated heterocycles. The molecule has 0 saturated carbocycles. The third-order valence-corrected chi connectivity index (χ3v) is 2.86. The van der Waals surface area contributed by atoms with Gasteiger partial charge in [-0.15, -0.1) is 0 Å². The van der Waals surface area contributed by atoms with Crippen LogP contribution in [0.25, 0.3) is 0 Å². The normalized spacial score (nSPS) is 13.0. The lowest BCUT2D eigenvalue weighted by molar-refractivity contribution is -0.123. The first-order valence-corrected chi connectivity index (χ1v) is 5.55. The minimum atomic E-state index is -1.05. The second-order valence-electron chi connectivity index (χ2n) is 4.64. The summed E-state index contributed by atoms with van der Waals surface area (Å²) >= 11 is 0. The number of nitriles is 1. The summed E-state index contributed by atoms with van der Waals surface area (Å²) in [6.45, 7) is 3.39. The molecule has 94 valence electrons. The predicted molar refractivity (Wildman–Crippen MR) is 65.4 cm³/mol. The van der Waals surface area contributed by atoms with Gasteiger partial charge in [0.05, 0.1) is 6.07 Å². The maximum Gasteiger partial charge on any atom is 0.246 e. The first-order chi connectivity index (χ1) is 8.45. The van der Waals surface area contributed by atoms with Crippen LogP contribution in [0.1, 0.15) is 13.8 Å². The molecule has 1 aliphatic rings. The average molecular weight is 246 g/mol. The van der Waals surface area contributed by atoms with Crippen molar-refractivity contribution in [2.75, 3.05) is 18.7 Å². The molecule has 5 heteroatoms. The fraction of sp³-hybridized carbons (Fsp3) is 0.385. The fourth-order valence-electron chi connectivity index (χ4n) is 1.68. The highest BCUT2D eigenvalue weighted by Gasteiger charge is 2.31. The number of anilines is 1. The van der Waals surface area contributed by atoms with Crippen molar-refractivity contribution in [2.24, 2.45) is 5.41 Å². The maximum atomic E-state index is 12.1. The van der Waals surface area contributed by atoms with Crippen molar-refractivity contribution in [3.63, 3.8) is 0 Å². The van der Waals surface area contributed by atoms with Gasteiger partial charge in [0, 0.05) is 18.8 Å². The number of benzene rings is 1. The van der Waals surface area contributed by atoms with Crippen LogP contribution in [0.3, 0.4) is 0 Å². The van der Waals surface area contributed by atoms with Gasteiger partial charge in [-0.25, -0.2) is 0 Å². The molecule has 0 spiro atoms. The topological polar surface area (TPSA) is 62.6 Å². The van der Waals surface area contributed by atoms with E-state index in [9.17, 15) is 4.79 Å². The van der Waals surface area contributed by atoms with Gasteiger partial charge in [0.25, 0.3) is 0 Å². The van der Waals surface area contributed by atoms with E-state index in [4.69, 9.17) is 14.7 Å². The zero-order valence-corrected chi connectivity index (χ0v) is 10.6. The molecular weight excluding hydrogens is 232 g/mol. The summed E-state index contributed by atoms with van der Waals surface area (Å²) in [5.41, 5.74) is -0.377. The average Bonchev–Trinajstić information content (AvgIpc) is 2.84. The number of ether oxygens (including phenoxy) is 2. The Hall–Kier alpha value is -2.22. The van der Waals surface area contributed by atoms with E-state index in [1.165, 1.54) is 4.90 Å². The van der Waals surface area contributed by atoms with Crippen LogP contribution in [0.2, 0.25) is 0 Å². The quantitative estimate of drug-likeness (QED) is 0.799. The van der Waals surface area contributed by atoms with Gasteiger partial charge in [0.1, 0.15) is 5.41 Å². The van der Waals surface area contributed by atoms with E-state index >= 15 is 0 Å². The standard InChI is InChI=1S/C13H14N2O3/c1-13(2,7-14)12(16)15(3)9-4-5-10-11(6-9)18-8-17-10/h4-6H,8H2,1-3H3. The van der Waals surface area contributed by atoms with Gasteiger partial charge in [-0.05, 0) is 26.0 Å². The Morgan fingerprint density at radius 3 is 2.72 bits per heavy atom. The Balaban J connectivity index is 2.27. The molecule has 0 unspecified atom stereocenters. The van der Waals surface area contributed by atoms with Crippen molar-refractivity contribution in [3.8, 4) is 17.6 Å². The van der Waals surface area contributed by atoms with Crippen LogP contribution >= 0.6 is 0 Å². The van der Waals surface area contributed by atoms with Crippen LogP contribution in [0.5, 0.6) is 11.5 Å². The first kappa shape index (κ1) is 12.2. The van der Waals surface area contributed by atoms with Crippen molar-refractivity contribution in [3.05, 3.63) is 18.2 Å². The first-order valence-electron chi connectivity index (χ1n) is 5.55. The molecule has 18 heavy (non-hydrogen) atoms. The molecule has 5 nitrogen and oxygen atoms in total. The number of rotatable bonds is 2. The molecule has 1 amide bonds. The van der Waals surface area contributed by atoms with Crippen LogP contribution < -0.4 is 14.4 Å². The van der Waals surface area contributed by atoms with Crippen molar-refractivity contribution in [1.29, 1.82) is 5.26 Å². The number of carbonyl (C=O) groups excluding carboxylic acids is 1. The molecule has 0 bridgehead atoms. The Morgan fingerprint density at radius 2 is 2.06 bits per heavy atom. The fourth-order valence-corrected chi connectivity index (χ4v) is 1.68. The van der Waals surface area contributed by atoms with Gasteiger partial charge in [-0.2, -0.15) is 5.26 Å². The Labute approximate surface area is 106 Å². The summed E-state index contributed by atoms with van der Waals surface area (Å²) in [7, 11) is 1.64. The largest absolute Gasteiger partial charge is 0.454 e. The van der Waals surface area contributed by atoms with Crippen LogP contribution in [0.4, 0.5) is 5.69 Å². The summed E-state index contributed by atoms with van der Waals surface area (Å²) in [4.78, 5) is 13.6. The van der Waals surface area contributed by atoms with Crippen molar-refractivity contribution < 1.29 is 14.3 Å². The maximum absolute atomic E-state index is 12.1. The van der Waals surface area contributed by atoms with Crippen molar-refractivity contribution in [1.82, 2.24) is 0 Å². The summed E-state index contributed by atoms with van der Waals surface area (Å²) in [6.07, 6.45) is 0. The number of fused-ring (bicyclic) bond motifs is 1. The highest BCUT2D eigenvalue weighted by molar-refractivity contribution is 5.98. The molecule has 1 aromatic rings. The van der Waals surface area contributed by atoms with Gasteiger partial charge < -0.3 is 14.4 Å². The predicted octanol–water partition coefficient (Wildman–Crippen LogP) is 1.93. The van der Waals surface area contributed by atoms with Crippen LogP contribution in [0, 0.1) is 16.7 Å². The third kappa shape index (κ3) is 1.97. The zero-order chi connectivity index (χ0) is 13.3. The highest BCUT2D eigenvalue weighted by Crippen LogP contribution is 2.35. The Bertz CT molecular complexity index is 532. The monoisotopic (exact) mass is 246 g/mol. The van der Waals surface area contributed by atoms with E-state index in [0.29, 0.717) is 17.2 Å². The van der Waals surface area contributed by atoms with E-state index in [0.717, 1.165) is 0 Å². The summed E-state index contributed by atoms with van der Waals surface area (Å²) < 4.78 is 10.5. The van der Waals surface area contributed by atoms with Gasteiger partial charge in [-0.3, -0.25) is 4.79 Å². The van der Waals surface area contributed by atoms with Crippen LogP contribution in [-0.4, -0.2) is 19.7 Å². The molecule has 0 atom stereocenters. The number of amides is 1. The van der Waals surface area contributed by atoms with E-state index in [1.807, 2.05) is 6.07 Å². The number of nitrogens with zero attached hydrogens (tertiary/aromatic N) is 2. The number of hydrogen-bond donors (Lipinski definition) is 0. The van der Waals surface area contributed by atoms with Gasteiger partial charge >= 0.3 is 0 Å². The van der Waals surface area contributed by atoms with E-state index < -0.39 is 5.41 Å². The van der Waals surface area contributed by atoms with E-state index in [1.54, 1.807) is 39.1 Å². The lowest BCUT2D eigenvalue weighted by Crippen LogP contribution is -2.37. The molecule has 0 N–H and O–H groups in total. The second-order valence-corrected chi connectivity index (χ2v) is 4.64. The number of carbonyl (C=O) groups is 1. The molecule has 0 aromatic heterocycles. The highest BCUT2D eigenvalue weighted by atomic mass is 16.7. The van der Waals surface area contributed by atoms with Gasteiger partial charge in [0.15, 0.2) is 11.5 Å². The second kappa shape index (κ2) is 4.22. The van der Waals surface area contributed by atoms with Gasteiger partial charge in [-0.1, -0.05) is 0 Å². The minimum absolute atomic E-state index is 0.195. The molecule has 1 aliphatic heterocycles. The molecule has 1 aromatic carbocycles. The summed E-state index contributed by atoms with van der Waals surface area (Å²) in [5.74, 6) is 1.02. The number of hydrogen-bond acceptors (Lipinski definition) is 4. The SMILES string of the molecule is CN(C(=O)C(C)(C)C#N)c1ccc2c(c1)OCO2. The lowest BCUT2D eigenvalue weighted by Gasteiger charge is -2.24. The van der Waals surface area contributed by atoms with E-state index in [2.05, 4.69) is 0 Å². The summed E-state index contributed by atoms with van der Waals surface area (Å²) in [6, 6.07) is 7.24. The third-order valence-electron chi connectivity index (χ3n) is 2.86. The molecule has 1 heterocycles. The van der Waals surface area contributed by atoms with Crippen molar-refractivity contribution in [2.45, 2.75) is 13.8 Å².